The third-order valence-corrected chi connectivity index (χ3v) is 5.71. The molecule has 1 unspecified atom stereocenters. The Balaban J connectivity index is 1.55. The highest BCUT2D eigenvalue weighted by atomic mass is 32.2. The molecule has 3 heterocycles. The molecule has 2 N–H and O–H groups in total. The Morgan fingerprint density at radius 3 is 3.00 bits per heavy atom. The van der Waals surface area contributed by atoms with Gasteiger partial charge >= 0.3 is 0 Å². The summed E-state index contributed by atoms with van der Waals surface area (Å²) in [6, 6.07) is 5.23. The number of anilines is 1. The summed E-state index contributed by atoms with van der Waals surface area (Å²) >= 11 is 0. The second-order valence-electron chi connectivity index (χ2n) is 7.26. The number of aromatic nitrogens is 4. The van der Waals surface area contributed by atoms with Crippen molar-refractivity contribution in [1.82, 2.24) is 19.5 Å². The highest BCUT2D eigenvalue weighted by Crippen LogP contribution is 2.29. The minimum absolute atomic E-state index is 0.00732. The van der Waals surface area contributed by atoms with Crippen LogP contribution in [0.25, 0.3) is 11.0 Å². The lowest BCUT2D eigenvalue weighted by atomic mass is 10.2. The van der Waals surface area contributed by atoms with Crippen molar-refractivity contribution in [3.8, 4) is 0 Å². The van der Waals surface area contributed by atoms with Crippen LogP contribution in [0.4, 0.5) is 5.69 Å². The number of H-pyrrole nitrogens is 1. The molecule has 0 spiro atoms. The Morgan fingerprint density at radius 1 is 1.41 bits per heavy atom. The number of rotatable bonds is 6. The third-order valence-electron chi connectivity index (χ3n) is 4.45. The van der Waals surface area contributed by atoms with Gasteiger partial charge in [-0.25, -0.2) is 9.97 Å². The van der Waals surface area contributed by atoms with E-state index in [1.807, 2.05) is 0 Å². The van der Waals surface area contributed by atoms with E-state index in [4.69, 9.17) is 4.74 Å². The summed E-state index contributed by atoms with van der Waals surface area (Å²) in [5.41, 5.74) is 2.01. The van der Waals surface area contributed by atoms with Crippen LogP contribution in [0.5, 0.6) is 0 Å². The number of nitrogens with zero attached hydrogens (tertiary/aromatic N) is 3. The van der Waals surface area contributed by atoms with E-state index in [9.17, 15) is 8.42 Å². The number of sulfonamides is 1. The topological polar surface area (TPSA) is 102 Å². The molecule has 0 radical (unpaired) electrons. The summed E-state index contributed by atoms with van der Waals surface area (Å²) in [5.74, 6) is 1.19. The Hall–Kier alpha value is -2.39. The fourth-order valence-electron chi connectivity index (χ4n) is 3.25. The molecule has 4 rings (SSSR count). The zero-order valence-electron chi connectivity index (χ0n) is 15.3. The number of benzene rings is 1. The van der Waals surface area contributed by atoms with E-state index in [-0.39, 0.29) is 11.1 Å². The minimum atomic E-state index is -3.75. The van der Waals surface area contributed by atoms with Crippen LogP contribution < -0.4 is 4.72 Å². The van der Waals surface area contributed by atoms with Crippen LogP contribution in [-0.4, -0.2) is 34.5 Å². The summed E-state index contributed by atoms with van der Waals surface area (Å²) in [6.45, 7) is 5.60. The summed E-state index contributed by atoms with van der Waals surface area (Å²) in [4.78, 5) is 11.8. The molecule has 1 aromatic carbocycles. The van der Waals surface area contributed by atoms with Gasteiger partial charge in [-0.1, -0.05) is 13.8 Å². The summed E-state index contributed by atoms with van der Waals surface area (Å²) in [5, 5.41) is 0.00732. The number of imidazole rings is 2. The predicted octanol–water partition coefficient (Wildman–Crippen LogP) is 3.07. The molecule has 3 aromatic rings. The van der Waals surface area contributed by atoms with E-state index < -0.39 is 10.0 Å². The van der Waals surface area contributed by atoms with Crippen LogP contribution in [0.3, 0.4) is 0 Å². The van der Waals surface area contributed by atoms with E-state index in [0.717, 1.165) is 36.3 Å². The molecular formula is C18H23N5O3S. The van der Waals surface area contributed by atoms with Crippen LogP contribution >= 0.6 is 0 Å². The number of fused-ring (bicyclic) bond motifs is 1. The smallest absolute Gasteiger partial charge is 0.280 e. The van der Waals surface area contributed by atoms with Crippen LogP contribution in [0, 0.1) is 5.92 Å². The van der Waals surface area contributed by atoms with Crippen molar-refractivity contribution in [2.24, 2.45) is 5.92 Å². The molecule has 1 aliphatic rings. The fraction of sp³-hybridized carbons (Fsp3) is 0.444. The van der Waals surface area contributed by atoms with Crippen LogP contribution in [0.15, 0.2) is 35.7 Å². The van der Waals surface area contributed by atoms with E-state index in [0.29, 0.717) is 18.2 Å². The molecule has 27 heavy (non-hydrogen) atoms. The van der Waals surface area contributed by atoms with E-state index in [2.05, 4.69) is 33.5 Å². The van der Waals surface area contributed by atoms with Gasteiger partial charge in [0.15, 0.2) is 5.03 Å². The second kappa shape index (κ2) is 6.97. The highest BCUT2D eigenvalue weighted by Gasteiger charge is 2.22. The minimum Gasteiger partial charge on any atom is -0.370 e. The SMILES string of the molecule is CC(C)Cn1cnc(S(=O)(=O)Nc2ccc3nc(C4CCCO4)[nH]c3c2)c1. The summed E-state index contributed by atoms with van der Waals surface area (Å²) in [7, 11) is -3.75. The van der Waals surface area contributed by atoms with Crippen molar-refractivity contribution in [2.75, 3.05) is 11.3 Å². The van der Waals surface area contributed by atoms with Gasteiger partial charge in [0.25, 0.3) is 10.0 Å². The van der Waals surface area contributed by atoms with Crippen molar-refractivity contribution in [1.29, 1.82) is 0 Å². The molecule has 0 bridgehead atoms. The quantitative estimate of drug-likeness (QED) is 0.675. The normalized spacial score (nSPS) is 17.8. The first kappa shape index (κ1) is 18.0. The Labute approximate surface area is 158 Å². The third kappa shape index (κ3) is 3.84. The maximum absolute atomic E-state index is 12.6. The zero-order chi connectivity index (χ0) is 19.0. The van der Waals surface area contributed by atoms with Gasteiger partial charge in [0.1, 0.15) is 11.9 Å². The van der Waals surface area contributed by atoms with Crippen molar-refractivity contribution < 1.29 is 13.2 Å². The molecule has 0 saturated carbocycles. The average Bonchev–Trinajstić information content (AvgIpc) is 3.33. The highest BCUT2D eigenvalue weighted by molar-refractivity contribution is 7.92. The lowest BCUT2D eigenvalue weighted by Crippen LogP contribution is -2.13. The van der Waals surface area contributed by atoms with Gasteiger partial charge in [-0.2, -0.15) is 8.42 Å². The lowest BCUT2D eigenvalue weighted by molar-refractivity contribution is 0.106. The first-order valence-corrected chi connectivity index (χ1v) is 10.5. The number of aromatic amines is 1. The number of nitrogens with one attached hydrogen (secondary N) is 2. The Morgan fingerprint density at radius 2 is 2.26 bits per heavy atom. The molecule has 1 atom stereocenters. The van der Waals surface area contributed by atoms with Crippen molar-refractivity contribution in [2.45, 2.75) is 44.4 Å². The van der Waals surface area contributed by atoms with Crippen molar-refractivity contribution in [3.63, 3.8) is 0 Å². The van der Waals surface area contributed by atoms with Gasteiger partial charge in [-0.15, -0.1) is 0 Å². The number of hydrogen-bond donors (Lipinski definition) is 2. The van der Waals surface area contributed by atoms with Gasteiger partial charge in [-0.05, 0) is 37.0 Å². The van der Waals surface area contributed by atoms with Crippen LogP contribution in [0.2, 0.25) is 0 Å². The lowest BCUT2D eigenvalue weighted by Gasteiger charge is -2.06. The maximum Gasteiger partial charge on any atom is 0.280 e. The van der Waals surface area contributed by atoms with Gasteiger partial charge in [0, 0.05) is 19.3 Å². The van der Waals surface area contributed by atoms with Gasteiger partial charge in [0.05, 0.1) is 23.0 Å². The average molecular weight is 389 g/mol. The molecule has 0 aliphatic carbocycles. The summed E-state index contributed by atoms with van der Waals surface area (Å²) in [6.07, 6.45) is 5.05. The van der Waals surface area contributed by atoms with E-state index in [1.165, 1.54) is 0 Å². The second-order valence-corrected chi connectivity index (χ2v) is 8.89. The zero-order valence-corrected chi connectivity index (χ0v) is 16.2. The molecule has 8 nitrogen and oxygen atoms in total. The van der Waals surface area contributed by atoms with Crippen molar-refractivity contribution in [3.05, 3.63) is 36.5 Å². The fourth-order valence-corrected chi connectivity index (χ4v) is 4.25. The molecule has 1 saturated heterocycles. The maximum atomic E-state index is 12.6. The Kier molecular flexibility index (Phi) is 4.65. The number of ether oxygens (including phenoxy) is 1. The summed E-state index contributed by atoms with van der Waals surface area (Å²) < 4.78 is 35.3. The molecule has 9 heteroatoms. The number of hydrogen-bond acceptors (Lipinski definition) is 5. The van der Waals surface area contributed by atoms with E-state index >= 15 is 0 Å². The van der Waals surface area contributed by atoms with Crippen molar-refractivity contribution >= 4 is 26.7 Å². The molecule has 144 valence electrons. The first-order valence-electron chi connectivity index (χ1n) is 9.06. The molecular weight excluding hydrogens is 366 g/mol. The standard InChI is InChI=1S/C18H23N5O3S/c1-12(2)9-23-10-17(19-11-23)27(24,25)22-13-5-6-14-15(8-13)21-18(20-14)16-4-3-7-26-16/h5-6,8,10-12,16,22H,3-4,7,9H2,1-2H3,(H,20,21). The molecule has 2 aromatic heterocycles. The first-order chi connectivity index (χ1) is 12.9. The van der Waals surface area contributed by atoms with Gasteiger partial charge in [0.2, 0.25) is 0 Å². The monoisotopic (exact) mass is 389 g/mol. The molecule has 1 aliphatic heterocycles. The van der Waals surface area contributed by atoms with Crippen LogP contribution in [-0.2, 0) is 21.3 Å². The van der Waals surface area contributed by atoms with Gasteiger partial charge < -0.3 is 14.3 Å². The Bertz CT molecular complexity index is 1050. The predicted molar refractivity (Wildman–Crippen MR) is 102 cm³/mol. The molecule has 0 amide bonds. The van der Waals surface area contributed by atoms with Gasteiger partial charge in [-0.3, -0.25) is 4.72 Å². The largest absolute Gasteiger partial charge is 0.370 e. The molecule has 1 fully saturated rings. The van der Waals surface area contributed by atoms with E-state index in [1.54, 1.807) is 35.3 Å². The van der Waals surface area contributed by atoms with Crippen LogP contribution in [0.1, 0.15) is 38.6 Å².